The van der Waals surface area contributed by atoms with Crippen molar-refractivity contribution in [2.45, 2.75) is 47.6 Å². The highest BCUT2D eigenvalue weighted by Crippen LogP contribution is 2.38. The molecule has 1 unspecified atom stereocenters. The van der Waals surface area contributed by atoms with Crippen LogP contribution >= 0.6 is 22.9 Å². The maximum atomic E-state index is 6.38. The van der Waals surface area contributed by atoms with Crippen molar-refractivity contribution in [3.8, 4) is 0 Å². The van der Waals surface area contributed by atoms with Crippen LogP contribution in [0.3, 0.4) is 0 Å². The first-order valence-corrected chi connectivity index (χ1v) is 7.99. The fraction of sp³-hybridized carbons (Fsp3) is 0.600. The summed E-state index contributed by atoms with van der Waals surface area (Å²) in [5.41, 5.74) is 1.10. The van der Waals surface area contributed by atoms with Crippen molar-refractivity contribution in [1.82, 2.24) is 9.97 Å². The van der Waals surface area contributed by atoms with Gasteiger partial charge in [0.2, 0.25) is 0 Å². The van der Waals surface area contributed by atoms with Crippen LogP contribution in [0.2, 0.25) is 5.15 Å². The molecule has 0 aliphatic rings. The molecule has 0 saturated heterocycles. The molecule has 2 heterocycles. The van der Waals surface area contributed by atoms with Crippen LogP contribution in [0.1, 0.15) is 50.1 Å². The summed E-state index contributed by atoms with van der Waals surface area (Å²) in [7, 11) is 0. The molecule has 0 radical (unpaired) electrons. The largest absolute Gasteiger partial charge is 0.370 e. The van der Waals surface area contributed by atoms with Gasteiger partial charge >= 0.3 is 0 Å². The molecule has 0 aromatic carbocycles. The number of rotatable bonds is 3. The number of hydrogen-bond acceptors (Lipinski definition) is 4. The van der Waals surface area contributed by atoms with Gasteiger partial charge in [-0.25, -0.2) is 9.97 Å². The van der Waals surface area contributed by atoms with Crippen LogP contribution in [0.5, 0.6) is 0 Å². The predicted molar refractivity (Wildman–Crippen MR) is 85.7 cm³/mol. The molecular weight excluding hydrogens is 292 g/mol. The standard InChI is InChI=1S/C15H21ClN2OS/c1-7-19-11(15(4,5)6)13-17-12(16)10-8(2)9(3)20-14(10)18-13/h11H,7H2,1-6H3. The third-order valence-corrected chi connectivity index (χ3v) is 4.73. The lowest BCUT2D eigenvalue weighted by Gasteiger charge is -2.29. The topological polar surface area (TPSA) is 35.0 Å². The fourth-order valence-electron chi connectivity index (χ4n) is 2.21. The SMILES string of the molecule is CCOC(c1nc(Cl)c2c(C)c(C)sc2n1)C(C)(C)C. The third-order valence-electron chi connectivity index (χ3n) is 3.36. The van der Waals surface area contributed by atoms with Crippen molar-refractivity contribution in [2.75, 3.05) is 6.61 Å². The molecule has 0 bridgehead atoms. The summed E-state index contributed by atoms with van der Waals surface area (Å²) in [6.45, 7) is 13.1. The number of hydrogen-bond donors (Lipinski definition) is 0. The first kappa shape index (κ1) is 15.7. The van der Waals surface area contributed by atoms with E-state index < -0.39 is 0 Å². The van der Waals surface area contributed by atoms with Crippen LogP contribution in [0.15, 0.2) is 0 Å². The van der Waals surface area contributed by atoms with Crippen molar-refractivity contribution >= 4 is 33.2 Å². The highest BCUT2D eigenvalue weighted by atomic mass is 35.5. The molecule has 2 aromatic heterocycles. The minimum atomic E-state index is -0.155. The van der Waals surface area contributed by atoms with Gasteiger partial charge in [0.25, 0.3) is 0 Å². The van der Waals surface area contributed by atoms with Gasteiger partial charge in [-0.15, -0.1) is 11.3 Å². The Bertz CT molecular complexity index is 631. The van der Waals surface area contributed by atoms with Gasteiger partial charge in [-0.1, -0.05) is 32.4 Å². The summed E-state index contributed by atoms with van der Waals surface area (Å²) >= 11 is 8.04. The van der Waals surface area contributed by atoms with E-state index in [2.05, 4.69) is 39.6 Å². The molecular formula is C15H21ClN2OS. The molecule has 5 heteroatoms. The third kappa shape index (κ3) is 2.83. The molecule has 0 aliphatic carbocycles. The number of aryl methyl sites for hydroxylation is 2. The first-order valence-electron chi connectivity index (χ1n) is 6.80. The van der Waals surface area contributed by atoms with E-state index in [9.17, 15) is 0 Å². The molecule has 0 spiro atoms. The number of fused-ring (bicyclic) bond motifs is 1. The Morgan fingerprint density at radius 1 is 1.25 bits per heavy atom. The van der Waals surface area contributed by atoms with Crippen molar-refractivity contribution in [3.05, 3.63) is 21.4 Å². The smallest absolute Gasteiger partial charge is 0.161 e. The molecule has 3 nitrogen and oxygen atoms in total. The molecule has 0 fully saturated rings. The van der Waals surface area contributed by atoms with E-state index in [1.165, 1.54) is 10.4 Å². The Balaban J connectivity index is 2.60. The van der Waals surface area contributed by atoms with E-state index >= 15 is 0 Å². The second-order valence-electron chi connectivity index (χ2n) is 6.04. The summed E-state index contributed by atoms with van der Waals surface area (Å²) in [4.78, 5) is 11.4. The molecule has 0 saturated carbocycles. The lowest BCUT2D eigenvalue weighted by molar-refractivity contribution is -0.0188. The fourth-order valence-corrected chi connectivity index (χ4v) is 3.62. The van der Waals surface area contributed by atoms with Crippen LogP contribution in [0.25, 0.3) is 10.2 Å². The monoisotopic (exact) mass is 312 g/mol. The van der Waals surface area contributed by atoms with Crippen molar-refractivity contribution in [3.63, 3.8) is 0 Å². The second kappa shape index (κ2) is 5.58. The number of halogens is 1. The highest BCUT2D eigenvalue weighted by molar-refractivity contribution is 7.18. The van der Waals surface area contributed by atoms with Crippen LogP contribution in [-0.2, 0) is 4.74 Å². The molecule has 0 amide bonds. The van der Waals surface area contributed by atoms with Gasteiger partial charge in [0.05, 0.1) is 5.39 Å². The van der Waals surface area contributed by atoms with Gasteiger partial charge in [-0.05, 0) is 31.7 Å². The van der Waals surface area contributed by atoms with Crippen molar-refractivity contribution in [1.29, 1.82) is 0 Å². The van der Waals surface area contributed by atoms with E-state index in [0.29, 0.717) is 17.6 Å². The zero-order valence-corrected chi connectivity index (χ0v) is 14.4. The predicted octanol–water partition coefficient (Wildman–Crippen LogP) is 5.09. The van der Waals surface area contributed by atoms with Gasteiger partial charge in [-0.3, -0.25) is 0 Å². The molecule has 110 valence electrons. The molecule has 1 atom stereocenters. The Morgan fingerprint density at radius 2 is 1.90 bits per heavy atom. The van der Waals surface area contributed by atoms with E-state index in [-0.39, 0.29) is 11.5 Å². The summed E-state index contributed by atoms with van der Waals surface area (Å²) in [5.74, 6) is 0.679. The highest BCUT2D eigenvalue weighted by Gasteiger charge is 2.30. The van der Waals surface area contributed by atoms with Gasteiger partial charge in [-0.2, -0.15) is 0 Å². The number of ether oxygens (including phenoxy) is 1. The average Bonchev–Trinajstić information content (AvgIpc) is 2.60. The van der Waals surface area contributed by atoms with Gasteiger partial charge in [0.15, 0.2) is 5.82 Å². The van der Waals surface area contributed by atoms with Crippen molar-refractivity contribution in [2.24, 2.45) is 5.41 Å². The maximum Gasteiger partial charge on any atom is 0.161 e. The average molecular weight is 313 g/mol. The molecule has 20 heavy (non-hydrogen) atoms. The normalized spacial score (nSPS) is 13.9. The minimum Gasteiger partial charge on any atom is -0.370 e. The summed E-state index contributed by atoms with van der Waals surface area (Å²) < 4.78 is 5.85. The number of nitrogens with zero attached hydrogens (tertiary/aromatic N) is 2. The second-order valence-corrected chi connectivity index (χ2v) is 7.60. The van der Waals surface area contributed by atoms with Crippen LogP contribution in [0.4, 0.5) is 0 Å². The first-order chi connectivity index (χ1) is 9.25. The lowest BCUT2D eigenvalue weighted by atomic mass is 9.88. The van der Waals surface area contributed by atoms with Gasteiger partial charge < -0.3 is 4.74 Å². The van der Waals surface area contributed by atoms with Crippen LogP contribution in [-0.4, -0.2) is 16.6 Å². The Hall–Kier alpha value is -0.710. The minimum absolute atomic E-state index is 0.0750. The Kier molecular flexibility index (Phi) is 4.38. The summed E-state index contributed by atoms with van der Waals surface area (Å²) in [5, 5.41) is 1.50. The Labute approximate surface area is 129 Å². The number of aromatic nitrogens is 2. The zero-order valence-electron chi connectivity index (χ0n) is 12.9. The van der Waals surface area contributed by atoms with Gasteiger partial charge in [0.1, 0.15) is 16.1 Å². The maximum absolute atomic E-state index is 6.38. The molecule has 0 aliphatic heterocycles. The van der Waals surface area contributed by atoms with E-state index in [1.807, 2.05) is 6.92 Å². The quantitative estimate of drug-likeness (QED) is 0.741. The molecule has 2 aromatic rings. The molecule has 2 rings (SSSR count). The van der Waals surface area contributed by atoms with E-state index in [4.69, 9.17) is 21.3 Å². The van der Waals surface area contributed by atoms with E-state index in [0.717, 1.165) is 10.2 Å². The zero-order chi connectivity index (χ0) is 15.1. The van der Waals surface area contributed by atoms with Crippen LogP contribution < -0.4 is 0 Å². The molecule has 0 N–H and O–H groups in total. The van der Waals surface area contributed by atoms with Gasteiger partial charge in [0, 0.05) is 11.5 Å². The summed E-state index contributed by atoms with van der Waals surface area (Å²) in [6, 6.07) is 0. The van der Waals surface area contributed by atoms with E-state index in [1.54, 1.807) is 11.3 Å². The number of thiophene rings is 1. The summed E-state index contributed by atoms with van der Waals surface area (Å²) in [6.07, 6.45) is -0.155. The Morgan fingerprint density at radius 3 is 2.45 bits per heavy atom. The lowest BCUT2D eigenvalue weighted by Crippen LogP contribution is -2.23. The van der Waals surface area contributed by atoms with Crippen molar-refractivity contribution < 1.29 is 4.74 Å². The van der Waals surface area contributed by atoms with Crippen LogP contribution in [0, 0.1) is 19.3 Å².